The number of benzene rings is 1. The van der Waals surface area contributed by atoms with Crippen molar-refractivity contribution in [3.8, 4) is 0 Å². The standard InChI is InChI=1S/C20H24N2O4/c1-14-5-3-4-6-17(14)19(23)21-15-9-11-22(12-10-15)20(24)18-8-7-16(26-18)13-25-2/h3-8,15H,9-13H2,1-2H3,(H,21,23). The van der Waals surface area contributed by atoms with E-state index < -0.39 is 0 Å². The maximum absolute atomic E-state index is 12.5. The molecule has 2 heterocycles. The molecule has 6 heteroatoms. The monoisotopic (exact) mass is 356 g/mol. The molecule has 0 radical (unpaired) electrons. The first-order valence-electron chi connectivity index (χ1n) is 8.82. The minimum atomic E-state index is -0.115. The minimum Gasteiger partial charge on any atom is -0.453 e. The lowest BCUT2D eigenvalue weighted by atomic mass is 10.0. The van der Waals surface area contributed by atoms with Crippen LogP contribution < -0.4 is 5.32 Å². The van der Waals surface area contributed by atoms with Crippen LogP contribution in [-0.4, -0.2) is 43.0 Å². The Kier molecular flexibility index (Phi) is 5.73. The molecule has 1 aliphatic rings. The number of aryl methyl sites for hydroxylation is 1. The molecule has 2 amide bonds. The summed E-state index contributed by atoms with van der Waals surface area (Å²) in [4.78, 5) is 26.7. The number of likely N-dealkylation sites (tertiary alicyclic amines) is 1. The molecule has 0 unspecified atom stereocenters. The summed E-state index contributed by atoms with van der Waals surface area (Å²) in [5, 5.41) is 3.08. The Morgan fingerprint density at radius 2 is 1.92 bits per heavy atom. The highest BCUT2D eigenvalue weighted by Gasteiger charge is 2.26. The third-order valence-electron chi connectivity index (χ3n) is 4.67. The van der Waals surface area contributed by atoms with E-state index >= 15 is 0 Å². The summed E-state index contributed by atoms with van der Waals surface area (Å²) in [6.07, 6.45) is 1.46. The Morgan fingerprint density at radius 3 is 2.62 bits per heavy atom. The van der Waals surface area contributed by atoms with Gasteiger partial charge >= 0.3 is 0 Å². The van der Waals surface area contributed by atoms with Crippen molar-refractivity contribution in [1.82, 2.24) is 10.2 Å². The number of furan rings is 1. The van der Waals surface area contributed by atoms with Crippen molar-refractivity contribution >= 4 is 11.8 Å². The molecule has 3 rings (SSSR count). The summed E-state index contributed by atoms with van der Waals surface area (Å²) >= 11 is 0. The van der Waals surface area contributed by atoms with Crippen LogP contribution in [0.25, 0.3) is 0 Å². The molecule has 138 valence electrons. The third-order valence-corrected chi connectivity index (χ3v) is 4.67. The van der Waals surface area contributed by atoms with E-state index in [0.717, 1.165) is 18.4 Å². The number of methoxy groups -OCH3 is 1. The van der Waals surface area contributed by atoms with E-state index in [1.807, 2.05) is 31.2 Å². The predicted octanol–water partition coefficient (Wildman–Crippen LogP) is 2.77. The number of hydrogen-bond acceptors (Lipinski definition) is 4. The van der Waals surface area contributed by atoms with Gasteiger partial charge in [0.25, 0.3) is 11.8 Å². The van der Waals surface area contributed by atoms with E-state index in [4.69, 9.17) is 9.15 Å². The van der Waals surface area contributed by atoms with Crippen LogP contribution in [0.5, 0.6) is 0 Å². The second-order valence-corrected chi connectivity index (χ2v) is 6.55. The van der Waals surface area contributed by atoms with Crippen molar-refractivity contribution in [2.24, 2.45) is 0 Å². The molecule has 1 aromatic carbocycles. The van der Waals surface area contributed by atoms with Gasteiger partial charge in [-0.15, -0.1) is 0 Å². The van der Waals surface area contributed by atoms with Gasteiger partial charge in [-0.05, 0) is 43.5 Å². The average molecular weight is 356 g/mol. The molecule has 1 saturated heterocycles. The van der Waals surface area contributed by atoms with Gasteiger partial charge in [-0.1, -0.05) is 18.2 Å². The smallest absolute Gasteiger partial charge is 0.289 e. The molecule has 1 fully saturated rings. The lowest BCUT2D eigenvalue weighted by Gasteiger charge is -2.32. The van der Waals surface area contributed by atoms with E-state index in [1.54, 1.807) is 24.1 Å². The minimum absolute atomic E-state index is 0.0527. The van der Waals surface area contributed by atoms with Crippen LogP contribution in [0.3, 0.4) is 0 Å². The predicted molar refractivity (Wildman–Crippen MR) is 97.0 cm³/mol. The van der Waals surface area contributed by atoms with Crippen LogP contribution in [0.4, 0.5) is 0 Å². The van der Waals surface area contributed by atoms with E-state index in [2.05, 4.69) is 5.32 Å². The largest absolute Gasteiger partial charge is 0.453 e. The molecule has 0 atom stereocenters. The Balaban J connectivity index is 1.53. The van der Waals surface area contributed by atoms with Crippen LogP contribution in [0, 0.1) is 6.92 Å². The third kappa shape index (κ3) is 4.14. The van der Waals surface area contributed by atoms with E-state index in [0.29, 0.717) is 36.8 Å². The van der Waals surface area contributed by atoms with Gasteiger partial charge in [0, 0.05) is 31.8 Å². The summed E-state index contributed by atoms with van der Waals surface area (Å²) in [5.41, 5.74) is 1.66. The first kappa shape index (κ1) is 18.2. The van der Waals surface area contributed by atoms with Crippen molar-refractivity contribution in [1.29, 1.82) is 0 Å². The van der Waals surface area contributed by atoms with Gasteiger partial charge in [-0.25, -0.2) is 0 Å². The van der Waals surface area contributed by atoms with Crippen LogP contribution in [0.2, 0.25) is 0 Å². The number of nitrogens with zero attached hydrogens (tertiary/aromatic N) is 1. The first-order chi connectivity index (χ1) is 12.6. The summed E-state index contributed by atoms with van der Waals surface area (Å²) in [5.74, 6) is 0.801. The highest BCUT2D eigenvalue weighted by atomic mass is 16.5. The number of carbonyl (C=O) groups is 2. The van der Waals surface area contributed by atoms with Crippen molar-refractivity contribution < 1.29 is 18.7 Å². The van der Waals surface area contributed by atoms with Gasteiger partial charge in [0.1, 0.15) is 12.4 Å². The summed E-state index contributed by atoms with van der Waals surface area (Å²) < 4.78 is 10.5. The number of piperidine rings is 1. The molecule has 6 nitrogen and oxygen atoms in total. The van der Waals surface area contributed by atoms with Gasteiger partial charge in [0.05, 0.1) is 0 Å². The summed E-state index contributed by atoms with van der Waals surface area (Å²) in [6, 6.07) is 11.1. The number of nitrogens with one attached hydrogen (secondary N) is 1. The molecule has 1 aliphatic heterocycles. The molecule has 1 aromatic heterocycles. The molecular formula is C20H24N2O4. The van der Waals surface area contributed by atoms with Gasteiger partial charge in [0.2, 0.25) is 0 Å². The fourth-order valence-corrected chi connectivity index (χ4v) is 3.19. The van der Waals surface area contributed by atoms with Gasteiger partial charge in [-0.2, -0.15) is 0 Å². The lowest BCUT2D eigenvalue weighted by Crippen LogP contribution is -2.46. The summed E-state index contributed by atoms with van der Waals surface area (Å²) in [6.45, 7) is 3.47. The van der Waals surface area contributed by atoms with Crippen LogP contribution in [-0.2, 0) is 11.3 Å². The molecule has 2 aromatic rings. The van der Waals surface area contributed by atoms with E-state index in [1.165, 1.54) is 0 Å². The first-order valence-corrected chi connectivity index (χ1v) is 8.82. The molecule has 0 saturated carbocycles. The number of ether oxygens (including phenoxy) is 1. The Bertz CT molecular complexity index is 776. The quantitative estimate of drug-likeness (QED) is 0.894. The van der Waals surface area contributed by atoms with Gasteiger partial charge in [-0.3, -0.25) is 9.59 Å². The zero-order valence-corrected chi connectivity index (χ0v) is 15.2. The van der Waals surface area contributed by atoms with Crippen molar-refractivity contribution in [2.45, 2.75) is 32.4 Å². The SMILES string of the molecule is COCc1ccc(C(=O)N2CCC(NC(=O)c3ccccc3C)CC2)o1. The molecule has 26 heavy (non-hydrogen) atoms. The molecule has 0 spiro atoms. The highest BCUT2D eigenvalue weighted by Crippen LogP contribution is 2.17. The molecular weight excluding hydrogens is 332 g/mol. The number of amides is 2. The van der Waals surface area contributed by atoms with E-state index in [-0.39, 0.29) is 17.9 Å². The number of rotatable bonds is 5. The van der Waals surface area contributed by atoms with Gasteiger partial charge < -0.3 is 19.4 Å². The maximum atomic E-state index is 12.5. The maximum Gasteiger partial charge on any atom is 0.289 e. The second-order valence-electron chi connectivity index (χ2n) is 6.55. The Morgan fingerprint density at radius 1 is 1.19 bits per heavy atom. The summed E-state index contributed by atoms with van der Waals surface area (Å²) in [7, 11) is 1.58. The second kappa shape index (κ2) is 8.19. The Labute approximate surface area is 153 Å². The van der Waals surface area contributed by atoms with Crippen LogP contribution in [0.1, 0.15) is 45.1 Å². The van der Waals surface area contributed by atoms with Crippen LogP contribution >= 0.6 is 0 Å². The highest BCUT2D eigenvalue weighted by molar-refractivity contribution is 5.95. The zero-order chi connectivity index (χ0) is 18.5. The molecule has 1 N–H and O–H groups in total. The fourth-order valence-electron chi connectivity index (χ4n) is 3.19. The average Bonchev–Trinajstić information content (AvgIpc) is 3.11. The topological polar surface area (TPSA) is 71.8 Å². The number of hydrogen-bond donors (Lipinski definition) is 1. The fraction of sp³-hybridized carbons (Fsp3) is 0.400. The normalized spacial score (nSPS) is 15.1. The van der Waals surface area contributed by atoms with Crippen molar-refractivity contribution in [3.05, 3.63) is 59.0 Å². The van der Waals surface area contributed by atoms with Crippen molar-refractivity contribution in [2.75, 3.05) is 20.2 Å². The van der Waals surface area contributed by atoms with Gasteiger partial charge in [0.15, 0.2) is 5.76 Å². The lowest BCUT2D eigenvalue weighted by molar-refractivity contribution is 0.0660. The zero-order valence-electron chi connectivity index (χ0n) is 15.2. The number of carbonyl (C=O) groups excluding carboxylic acids is 2. The Hall–Kier alpha value is -2.60. The van der Waals surface area contributed by atoms with Crippen LogP contribution in [0.15, 0.2) is 40.8 Å². The molecule has 0 aliphatic carbocycles. The van der Waals surface area contributed by atoms with E-state index in [9.17, 15) is 9.59 Å². The van der Waals surface area contributed by atoms with Crippen molar-refractivity contribution in [3.63, 3.8) is 0 Å². The molecule has 0 bridgehead atoms.